The quantitative estimate of drug-likeness (QED) is 0.691. The average Bonchev–Trinajstić information content (AvgIpc) is 2.45. The topological polar surface area (TPSA) is 39.1 Å². The molecule has 0 aliphatic carbocycles. The molecule has 0 saturated carbocycles. The van der Waals surface area contributed by atoms with Crippen LogP contribution in [0.1, 0.15) is 66.2 Å². The monoisotopic (exact) mass is 279 g/mol. The smallest absolute Gasteiger partial charge is 0.103 e. The maximum absolute atomic E-state index is 9.31. The molecule has 0 amide bonds. The van der Waals surface area contributed by atoms with Gasteiger partial charge in [0.2, 0.25) is 0 Å². The Morgan fingerprint density at radius 1 is 1.35 bits per heavy atom. The minimum absolute atomic E-state index is 0.336. The maximum Gasteiger partial charge on any atom is 0.103 e. The summed E-state index contributed by atoms with van der Waals surface area (Å²) < 4.78 is 0. The van der Waals surface area contributed by atoms with E-state index >= 15 is 0 Å². The third kappa shape index (κ3) is 5.42. The van der Waals surface area contributed by atoms with Gasteiger partial charge in [0.05, 0.1) is 6.07 Å². The van der Waals surface area contributed by atoms with Crippen molar-refractivity contribution in [3.8, 4) is 6.07 Å². The van der Waals surface area contributed by atoms with Crippen LogP contribution in [0.5, 0.6) is 0 Å². The Morgan fingerprint density at radius 2 is 2.10 bits per heavy atom. The van der Waals surface area contributed by atoms with Gasteiger partial charge in [0.25, 0.3) is 0 Å². The molecular weight excluding hydrogens is 246 g/mol. The lowest BCUT2D eigenvalue weighted by Gasteiger charge is -2.38. The van der Waals surface area contributed by atoms with E-state index in [0.717, 1.165) is 37.8 Å². The summed E-state index contributed by atoms with van der Waals surface area (Å²) in [4.78, 5) is 2.64. The third-order valence-electron chi connectivity index (χ3n) is 4.89. The van der Waals surface area contributed by atoms with Gasteiger partial charge in [-0.05, 0) is 77.9 Å². The fourth-order valence-electron chi connectivity index (χ4n) is 3.11. The van der Waals surface area contributed by atoms with E-state index in [-0.39, 0.29) is 5.54 Å². The molecule has 1 fully saturated rings. The van der Waals surface area contributed by atoms with Gasteiger partial charge in [-0.1, -0.05) is 13.8 Å². The molecule has 0 radical (unpaired) electrons. The molecule has 1 aliphatic rings. The molecule has 0 spiro atoms. The second-order valence-corrected chi connectivity index (χ2v) is 6.72. The number of nitriles is 1. The first-order valence-electron chi connectivity index (χ1n) is 8.42. The second kappa shape index (κ2) is 8.64. The van der Waals surface area contributed by atoms with Gasteiger partial charge in [0, 0.05) is 6.04 Å². The van der Waals surface area contributed by atoms with Crippen molar-refractivity contribution in [1.82, 2.24) is 10.2 Å². The number of piperidine rings is 1. The van der Waals surface area contributed by atoms with Gasteiger partial charge >= 0.3 is 0 Å². The highest BCUT2D eigenvalue weighted by atomic mass is 15.2. The van der Waals surface area contributed by atoms with Crippen molar-refractivity contribution in [2.24, 2.45) is 5.92 Å². The number of rotatable bonds is 8. The van der Waals surface area contributed by atoms with Crippen molar-refractivity contribution >= 4 is 0 Å². The van der Waals surface area contributed by atoms with Crippen molar-refractivity contribution in [3.05, 3.63) is 0 Å². The molecule has 1 heterocycles. The van der Waals surface area contributed by atoms with Crippen molar-refractivity contribution in [2.75, 3.05) is 19.6 Å². The summed E-state index contributed by atoms with van der Waals surface area (Å²) in [6.45, 7) is 12.3. The van der Waals surface area contributed by atoms with Crippen molar-refractivity contribution in [2.45, 2.75) is 77.8 Å². The van der Waals surface area contributed by atoms with Gasteiger partial charge in [-0.3, -0.25) is 5.32 Å². The Kier molecular flexibility index (Phi) is 7.55. The molecule has 0 bridgehead atoms. The SMILES string of the molecule is CCCNC(C)(C#N)CCCCN1CCCC(C)C1C. The Morgan fingerprint density at radius 3 is 2.75 bits per heavy atom. The van der Waals surface area contributed by atoms with Gasteiger partial charge in [-0.15, -0.1) is 0 Å². The molecule has 3 unspecified atom stereocenters. The molecule has 20 heavy (non-hydrogen) atoms. The lowest BCUT2D eigenvalue weighted by molar-refractivity contribution is 0.111. The van der Waals surface area contributed by atoms with Gasteiger partial charge in [0.1, 0.15) is 5.54 Å². The maximum atomic E-state index is 9.31. The predicted molar refractivity (Wildman–Crippen MR) is 85.6 cm³/mol. The summed E-state index contributed by atoms with van der Waals surface area (Å²) in [6.07, 6.45) is 7.12. The van der Waals surface area contributed by atoms with Crippen LogP contribution in [0.2, 0.25) is 0 Å². The van der Waals surface area contributed by atoms with Crippen molar-refractivity contribution in [3.63, 3.8) is 0 Å². The predicted octanol–water partition coefficient (Wildman–Crippen LogP) is 3.56. The van der Waals surface area contributed by atoms with E-state index in [2.05, 4.69) is 37.1 Å². The first kappa shape index (κ1) is 17.5. The van der Waals surface area contributed by atoms with Crippen LogP contribution in [0.4, 0.5) is 0 Å². The summed E-state index contributed by atoms with van der Waals surface area (Å²) in [5.74, 6) is 0.833. The molecule has 0 aromatic rings. The zero-order valence-electron chi connectivity index (χ0n) is 13.9. The Balaban J connectivity index is 2.25. The number of hydrogen-bond donors (Lipinski definition) is 1. The lowest BCUT2D eigenvalue weighted by atomic mass is 9.91. The standard InChI is InChI=1S/C17H33N3/c1-5-11-19-17(4,14-18)10-6-7-12-20-13-8-9-15(2)16(20)3/h15-16,19H,5-13H2,1-4H3. The van der Waals surface area contributed by atoms with Crippen molar-refractivity contribution in [1.29, 1.82) is 5.26 Å². The molecule has 0 aromatic carbocycles. The minimum atomic E-state index is -0.336. The van der Waals surface area contributed by atoms with Gasteiger partial charge < -0.3 is 4.90 Å². The summed E-state index contributed by atoms with van der Waals surface area (Å²) in [5, 5.41) is 12.7. The van der Waals surface area contributed by atoms with Crippen LogP contribution in [0, 0.1) is 17.2 Å². The highest BCUT2D eigenvalue weighted by Crippen LogP contribution is 2.23. The van der Waals surface area contributed by atoms with Gasteiger partial charge in [-0.2, -0.15) is 5.26 Å². The number of nitrogens with one attached hydrogen (secondary N) is 1. The van der Waals surface area contributed by atoms with Crippen LogP contribution in [-0.4, -0.2) is 36.1 Å². The molecule has 1 rings (SSSR count). The van der Waals surface area contributed by atoms with Gasteiger partial charge in [-0.25, -0.2) is 0 Å². The zero-order chi connectivity index (χ0) is 15.0. The Hall–Kier alpha value is -0.590. The Bertz CT molecular complexity index is 310. The summed E-state index contributed by atoms with van der Waals surface area (Å²) in [6, 6.07) is 3.17. The van der Waals surface area contributed by atoms with Crippen LogP contribution in [0.25, 0.3) is 0 Å². The summed E-state index contributed by atoms with van der Waals surface area (Å²) in [7, 11) is 0. The van der Waals surface area contributed by atoms with Crippen LogP contribution in [-0.2, 0) is 0 Å². The van der Waals surface area contributed by atoms with E-state index in [0.29, 0.717) is 0 Å². The molecule has 1 N–H and O–H groups in total. The number of nitrogens with zero attached hydrogens (tertiary/aromatic N) is 2. The van der Waals surface area contributed by atoms with Crippen LogP contribution in [0.3, 0.4) is 0 Å². The van der Waals surface area contributed by atoms with Crippen molar-refractivity contribution < 1.29 is 0 Å². The van der Waals surface area contributed by atoms with E-state index in [1.807, 2.05) is 6.92 Å². The highest BCUT2D eigenvalue weighted by molar-refractivity contribution is 5.03. The van der Waals surface area contributed by atoms with E-state index < -0.39 is 0 Å². The first-order chi connectivity index (χ1) is 9.52. The Labute approximate surface area is 125 Å². The molecule has 1 saturated heterocycles. The fourth-order valence-corrected chi connectivity index (χ4v) is 3.11. The van der Waals surface area contributed by atoms with Crippen LogP contribution in [0.15, 0.2) is 0 Å². The molecule has 3 heteroatoms. The molecular formula is C17H33N3. The van der Waals surface area contributed by atoms with E-state index in [9.17, 15) is 5.26 Å². The van der Waals surface area contributed by atoms with E-state index in [1.54, 1.807) is 0 Å². The molecule has 3 atom stereocenters. The molecule has 3 nitrogen and oxygen atoms in total. The summed E-state index contributed by atoms with van der Waals surface area (Å²) >= 11 is 0. The highest BCUT2D eigenvalue weighted by Gasteiger charge is 2.25. The van der Waals surface area contributed by atoms with E-state index in [1.165, 1.54) is 32.4 Å². The van der Waals surface area contributed by atoms with Gasteiger partial charge in [0.15, 0.2) is 0 Å². The lowest BCUT2D eigenvalue weighted by Crippen LogP contribution is -2.43. The summed E-state index contributed by atoms with van der Waals surface area (Å²) in [5.41, 5.74) is -0.336. The second-order valence-electron chi connectivity index (χ2n) is 6.72. The number of hydrogen-bond acceptors (Lipinski definition) is 3. The molecule has 116 valence electrons. The zero-order valence-corrected chi connectivity index (χ0v) is 13.9. The third-order valence-corrected chi connectivity index (χ3v) is 4.89. The van der Waals surface area contributed by atoms with Crippen LogP contribution < -0.4 is 5.32 Å². The van der Waals surface area contributed by atoms with E-state index in [4.69, 9.17) is 0 Å². The minimum Gasteiger partial charge on any atom is -0.300 e. The average molecular weight is 279 g/mol. The first-order valence-corrected chi connectivity index (χ1v) is 8.42. The van der Waals surface area contributed by atoms with Crippen LogP contribution >= 0.6 is 0 Å². The molecule has 0 aromatic heterocycles. The largest absolute Gasteiger partial charge is 0.300 e. The normalized spacial score (nSPS) is 26.9. The number of likely N-dealkylation sites (tertiary alicyclic amines) is 1. The number of unbranched alkanes of at least 4 members (excludes halogenated alkanes) is 1. The fraction of sp³-hybridized carbons (Fsp3) is 0.941. The molecule has 1 aliphatic heterocycles.